The Kier molecular flexibility index (Phi) is 15.1. The van der Waals surface area contributed by atoms with Crippen LogP contribution in [0.25, 0.3) is 0 Å². The Morgan fingerprint density at radius 1 is 0.724 bits per heavy atom. The van der Waals surface area contributed by atoms with Gasteiger partial charge in [0, 0.05) is 6.42 Å². The van der Waals surface area contributed by atoms with E-state index in [1.54, 1.807) is 12.1 Å². The average molecular weight is 403 g/mol. The van der Waals surface area contributed by atoms with Crippen molar-refractivity contribution in [1.82, 2.24) is 0 Å². The third-order valence-corrected chi connectivity index (χ3v) is 5.40. The molecule has 0 aliphatic heterocycles. The normalized spacial score (nSPS) is 10.8. The first-order valence-corrected chi connectivity index (χ1v) is 12.0. The monoisotopic (exact) mass is 402 g/mol. The molecule has 0 spiro atoms. The molecule has 0 unspecified atom stereocenters. The molecule has 0 aliphatic carbocycles. The van der Waals surface area contributed by atoms with Gasteiger partial charge in [0.15, 0.2) is 5.78 Å². The summed E-state index contributed by atoms with van der Waals surface area (Å²) in [6.45, 7) is 4.66. The number of para-hydroxylation sites is 1. The van der Waals surface area contributed by atoms with Gasteiger partial charge >= 0.3 is 0 Å². The van der Waals surface area contributed by atoms with E-state index in [1.807, 2.05) is 19.1 Å². The van der Waals surface area contributed by atoms with E-state index in [0.29, 0.717) is 24.3 Å². The Labute approximate surface area is 178 Å². The number of benzene rings is 1. The van der Waals surface area contributed by atoms with E-state index < -0.39 is 0 Å². The molecule has 1 aromatic carbocycles. The number of carbonyl (C=O) groups excluding carboxylic acids is 2. The lowest BCUT2D eigenvalue weighted by atomic mass is 10.0. The minimum Gasteiger partial charge on any atom is -0.493 e. The van der Waals surface area contributed by atoms with Crippen molar-refractivity contribution in [3.63, 3.8) is 0 Å². The zero-order chi connectivity index (χ0) is 21.2. The van der Waals surface area contributed by atoms with Crippen molar-refractivity contribution >= 4 is 11.6 Å². The first kappa shape index (κ1) is 25.4. The van der Waals surface area contributed by atoms with Crippen LogP contribution in [-0.4, -0.2) is 18.2 Å². The van der Waals surface area contributed by atoms with Gasteiger partial charge in [-0.3, -0.25) is 9.59 Å². The molecule has 0 saturated heterocycles. The van der Waals surface area contributed by atoms with Crippen LogP contribution in [0.4, 0.5) is 0 Å². The Morgan fingerprint density at radius 2 is 1.24 bits per heavy atom. The number of hydrogen-bond donors (Lipinski definition) is 0. The van der Waals surface area contributed by atoms with Crippen LogP contribution < -0.4 is 4.74 Å². The number of Topliss-reactive ketones (excluding diaryl/α,β-unsaturated/α-hetero) is 2. The zero-order valence-corrected chi connectivity index (χ0v) is 18.8. The topological polar surface area (TPSA) is 43.4 Å². The van der Waals surface area contributed by atoms with Gasteiger partial charge in [-0.25, -0.2) is 0 Å². The number of carbonyl (C=O) groups is 2. The van der Waals surface area contributed by atoms with E-state index in [4.69, 9.17) is 4.74 Å². The summed E-state index contributed by atoms with van der Waals surface area (Å²) in [6, 6.07) is 7.18. The molecule has 3 nitrogen and oxygen atoms in total. The molecule has 3 heteroatoms. The Morgan fingerprint density at radius 3 is 1.79 bits per heavy atom. The van der Waals surface area contributed by atoms with Gasteiger partial charge in [-0.1, -0.05) is 96.1 Å². The van der Waals surface area contributed by atoms with E-state index in [0.717, 1.165) is 12.8 Å². The van der Waals surface area contributed by atoms with Crippen molar-refractivity contribution < 1.29 is 14.3 Å². The fourth-order valence-electron chi connectivity index (χ4n) is 3.68. The lowest BCUT2D eigenvalue weighted by molar-refractivity contribution is -0.118. The molecule has 1 rings (SSSR count). The van der Waals surface area contributed by atoms with Gasteiger partial charge in [-0.05, 0) is 25.5 Å². The number of ketones is 2. The molecule has 0 fully saturated rings. The molecule has 0 heterocycles. The molecule has 0 aromatic heterocycles. The summed E-state index contributed by atoms with van der Waals surface area (Å²) in [5, 5.41) is 0. The molecule has 0 bridgehead atoms. The second-order valence-electron chi connectivity index (χ2n) is 8.06. The summed E-state index contributed by atoms with van der Waals surface area (Å²) in [7, 11) is 0. The smallest absolute Gasteiger partial charge is 0.173 e. The van der Waals surface area contributed by atoms with E-state index in [-0.39, 0.29) is 18.0 Å². The SMILES string of the molecule is CCCCCCCCCCCCCCCC(=O)CC(=O)c1ccccc1OCC. The molecule has 0 N–H and O–H groups in total. The van der Waals surface area contributed by atoms with Crippen LogP contribution in [0.1, 0.15) is 121 Å². The van der Waals surface area contributed by atoms with Crippen molar-refractivity contribution in [1.29, 1.82) is 0 Å². The summed E-state index contributed by atoms with van der Waals surface area (Å²) >= 11 is 0. The standard InChI is InChI=1S/C26H42O3/c1-3-5-6-7-8-9-10-11-12-13-14-15-16-19-23(27)22-25(28)24-20-17-18-21-26(24)29-4-2/h17-18,20-21H,3-16,19,22H2,1-2H3. The minimum atomic E-state index is -0.131. The van der Waals surface area contributed by atoms with Gasteiger partial charge < -0.3 is 4.74 Å². The zero-order valence-electron chi connectivity index (χ0n) is 18.8. The van der Waals surface area contributed by atoms with Crippen LogP contribution in [0.2, 0.25) is 0 Å². The quantitative estimate of drug-likeness (QED) is 0.135. The van der Waals surface area contributed by atoms with Crippen molar-refractivity contribution in [2.75, 3.05) is 6.61 Å². The van der Waals surface area contributed by atoms with Crippen molar-refractivity contribution in [3.05, 3.63) is 29.8 Å². The van der Waals surface area contributed by atoms with Crippen molar-refractivity contribution in [2.24, 2.45) is 0 Å². The fraction of sp³-hybridized carbons (Fsp3) is 0.692. The number of rotatable bonds is 19. The molecule has 164 valence electrons. The van der Waals surface area contributed by atoms with E-state index >= 15 is 0 Å². The second-order valence-corrected chi connectivity index (χ2v) is 8.06. The van der Waals surface area contributed by atoms with Crippen LogP contribution in [0.5, 0.6) is 5.75 Å². The van der Waals surface area contributed by atoms with Crippen molar-refractivity contribution in [2.45, 2.75) is 110 Å². The minimum absolute atomic E-state index is 0.0116. The predicted octanol–water partition coefficient (Wildman–Crippen LogP) is 7.71. The number of ether oxygens (including phenoxy) is 1. The summed E-state index contributed by atoms with van der Waals surface area (Å²) < 4.78 is 5.49. The largest absolute Gasteiger partial charge is 0.493 e. The molecule has 1 aromatic rings. The Hall–Kier alpha value is -1.64. The van der Waals surface area contributed by atoms with Crippen LogP contribution in [-0.2, 0) is 4.79 Å². The molecular formula is C26H42O3. The highest BCUT2D eigenvalue weighted by atomic mass is 16.5. The maximum atomic E-state index is 12.4. The third-order valence-electron chi connectivity index (χ3n) is 5.40. The van der Waals surface area contributed by atoms with Crippen LogP contribution in [0, 0.1) is 0 Å². The molecule has 0 aliphatic rings. The first-order chi connectivity index (χ1) is 14.2. The molecule has 0 radical (unpaired) electrons. The Bertz CT molecular complexity index is 565. The lowest BCUT2D eigenvalue weighted by Gasteiger charge is -2.08. The van der Waals surface area contributed by atoms with Gasteiger partial charge in [0.1, 0.15) is 11.5 Å². The summed E-state index contributed by atoms with van der Waals surface area (Å²) in [5.41, 5.74) is 0.521. The molecule has 0 amide bonds. The van der Waals surface area contributed by atoms with Gasteiger partial charge in [0.05, 0.1) is 18.6 Å². The van der Waals surface area contributed by atoms with E-state index in [1.165, 1.54) is 70.6 Å². The number of unbranched alkanes of at least 4 members (excludes halogenated alkanes) is 12. The highest BCUT2D eigenvalue weighted by molar-refractivity contribution is 6.09. The number of hydrogen-bond acceptors (Lipinski definition) is 3. The molecule has 0 atom stereocenters. The van der Waals surface area contributed by atoms with Crippen LogP contribution in [0.3, 0.4) is 0 Å². The molecule has 29 heavy (non-hydrogen) atoms. The first-order valence-electron chi connectivity index (χ1n) is 12.0. The van der Waals surface area contributed by atoms with Gasteiger partial charge in [0.25, 0.3) is 0 Å². The maximum absolute atomic E-state index is 12.4. The summed E-state index contributed by atoms with van der Waals surface area (Å²) in [4.78, 5) is 24.5. The van der Waals surface area contributed by atoms with Gasteiger partial charge in [-0.15, -0.1) is 0 Å². The molecular weight excluding hydrogens is 360 g/mol. The van der Waals surface area contributed by atoms with Gasteiger partial charge in [-0.2, -0.15) is 0 Å². The average Bonchev–Trinajstić information content (AvgIpc) is 2.72. The van der Waals surface area contributed by atoms with E-state index in [2.05, 4.69) is 6.92 Å². The predicted molar refractivity (Wildman–Crippen MR) is 122 cm³/mol. The third kappa shape index (κ3) is 12.5. The summed E-state index contributed by atoms with van der Waals surface area (Å²) in [6.07, 6.45) is 17.3. The highest BCUT2D eigenvalue weighted by Crippen LogP contribution is 2.20. The van der Waals surface area contributed by atoms with Gasteiger partial charge in [0.2, 0.25) is 0 Å². The van der Waals surface area contributed by atoms with Crippen LogP contribution in [0.15, 0.2) is 24.3 Å². The summed E-state index contributed by atoms with van der Waals surface area (Å²) in [5.74, 6) is 0.492. The fourth-order valence-corrected chi connectivity index (χ4v) is 3.68. The maximum Gasteiger partial charge on any atom is 0.173 e. The van der Waals surface area contributed by atoms with Crippen molar-refractivity contribution in [3.8, 4) is 5.75 Å². The highest BCUT2D eigenvalue weighted by Gasteiger charge is 2.15. The molecule has 0 saturated carbocycles. The van der Waals surface area contributed by atoms with Crippen LogP contribution >= 0.6 is 0 Å². The lowest BCUT2D eigenvalue weighted by Crippen LogP contribution is -2.10. The second kappa shape index (κ2) is 17.2. The van der Waals surface area contributed by atoms with E-state index in [9.17, 15) is 9.59 Å². The Balaban J connectivity index is 2.02.